The lowest BCUT2D eigenvalue weighted by atomic mass is 10.1. The Balaban J connectivity index is 2.02. The van der Waals surface area contributed by atoms with Gasteiger partial charge in [-0.1, -0.05) is 17.7 Å². The van der Waals surface area contributed by atoms with E-state index < -0.39 is 5.97 Å². The number of carbonyl (C=O) groups is 2. The first-order valence-corrected chi connectivity index (χ1v) is 7.27. The van der Waals surface area contributed by atoms with Gasteiger partial charge in [-0.15, -0.1) is 0 Å². The first kappa shape index (κ1) is 15.8. The Labute approximate surface area is 128 Å². The van der Waals surface area contributed by atoms with Gasteiger partial charge in [0.2, 0.25) is 5.91 Å². The maximum atomic E-state index is 12.1. The van der Waals surface area contributed by atoms with E-state index in [1.807, 2.05) is 19.9 Å². The van der Waals surface area contributed by atoms with Gasteiger partial charge >= 0.3 is 5.97 Å². The summed E-state index contributed by atoms with van der Waals surface area (Å²) in [5, 5.41) is 12.2. The average Bonchev–Trinajstić information content (AvgIpc) is 3.16. The molecule has 0 unspecified atom stereocenters. The number of halogens is 1. The Hall–Kier alpha value is -1.59. The number of nitrogens with one attached hydrogen (secondary N) is 1. The van der Waals surface area contributed by atoms with Gasteiger partial charge in [-0.3, -0.25) is 14.5 Å². The fourth-order valence-corrected chi connectivity index (χ4v) is 2.73. The number of carboxylic acid groups (broad SMARTS) is 1. The second-order valence-corrected chi connectivity index (χ2v) is 5.92. The molecule has 2 N–H and O–H groups in total. The molecule has 0 heterocycles. The zero-order chi connectivity index (χ0) is 15.6. The van der Waals surface area contributed by atoms with E-state index in [0.29, 0.717) is 10.7 Å². The third kappa shape index (κ3) is 4.44. The molecule has 114 valence electrons. The monoisotopic (exact) mass is 310 g/mol. The number of aryl methyl sites for hydroxylation is 2. The van der Waals surface area contributed by atoms with Crippen LogP contribution in [0, 0.1) is 13.8 Å². The van der Waals surface area contributed by atoms with Crippen molar-refractivity contribution in [1.29, 1.82) is 0 Å². The van der Waals surface area contributed by atoms with E-state index in [1.54, 1.807) is 11.0 Å². The SMILES string of the molecule is Cc1cc(C)c(NC(=O)CN(CC(=O)O)C2CC2)c(Cl)c1. The van der Waals surface area contributed by atoms with E-state index >= 15 is 0 Å². The van der Waals surface area contributed by atoms with Crippen LogP contribution in [0.15, 0.2) is 12.1 Å². The van der Waals surface area contributed by atoms with Crippen molar-refractivity contribution in [2.45, 2.75) is 32.7 Å². The summed E-state index contributed by atoms with van der Waals surface area (Å²) in [6.07, 6.45) is 1.90. The van der Waals surface area contributed by atoms with E-state index in [2.05, 4.69) is 5.32 Å². The molecule has 1 amide bonds. The second-order valence-electron chi connectivity index (χ2n) is 5.52. The number of anilines is 1. The Morgan fingerprint density at radius 3 is 2.52 bits per heavy atom. The van der Waals surface area contributed by atoms with Crippen LogP contribution in [-0.4, -0.2) is 41.0 Å². The molecule has 0 aromatic heterocycles. The van der Waals surface area contributed by atoms with Crippen molar-refractivity contribution in [3.63, 3.8) is 0 Å². The first-order chi connectivity index (χ1) is 9.86. The van der Waals surface area contributed by atoms with Crippen molar-refractivity contribution in [2.24, 2.45) is 0 Å². The lowest BCUT2D eigenvalue weighted by Gasteiger charge is -2.19. The van der Waals surface area contributed by atoms with Gasteiger partial charge in [0.25, 0.3) is 0 Å². The third-order valence-corrected chi connectivity index (χ3v) is 3.74. The van der Waals surface area contributed by atoms with Crippen LogP contribution in [0.1, 0.15) is 24.0 Å². The molecule has 5 nitrogen and oxygen atoms in total. The maximum Gasteiger partial charge on any atom is 0.317 e. The molecule has 0 aliphatic heterocycles. The van der Waals surface area contributed by atoms with Crippen molar-refractivity contribution in [3.8, 4) is 0 Å². The lowest BCUT2D eigenvalue weighted by molar-refractivity contribution is -0.138. The van der Waals surface area contributed by atoms with E-state index in [9.17, 15) is 9.59 Å². The van der Waals surface area contributed by atoms with E-state index in [1.165, 1.54) is 0 Å². The summed E-state index contributed by atoms with van der Waals surface area (Å²) in [6.45, 7) is 3.77. The number of carbonyl (C=O) groups excluding carboxylic acids is 1. The van der Waals surface area contributed by atoms with Crippen LogP contribution < -0.4 is 5.32 Å². The van der Waals surface area contributed by atoms with Crippen molar-refractivity contribution in [2.75, 3.05) is 18.4 Å². The predicted octanol–water partition coefficient (Wildman–Crippen LogP) is 2.44. The van der Waals surface area contributed by atoms with Crippen LogP contribution in [0.3, 0.4) is 0 Å². The maximum absolute atomic E-state index is 12.1. The minimum atomic E-state index is -0.917. The standard InChI is InChI=1S/C15H19ClN2O3/c1-9-5-10(2)15(12(16)6-9)17-13(19)7-18(8-14(20)21)11-3-4-11/h5-6,11H,3-4,7-8H2,1-2H3,(H,17,19)(H,20,21). The van der Waals surface area contributed by atoms with E-state index in [-0.39, 0.29) is 25.0 Å². The fourth-order valence-electron chi connectivity index (χ4n) is 2.36. The Bertz CT molecular complexity index is 547. The molecule has 0 saturated heterocycles. The van der Waals surface area contributed by atoms with Gasteiger partial charge in [-0.2, -0.15) is 0 Å². The average molecular weight is 311 g/mol. The molecule has 1 aliphatic carbocycles. The Morgan fingerprint density at radius 1 is 1.33 bits per heavy atom. The zero-order valence-corrected chi connectivity index (χ0v) is 12.9. The number of carboxylic acids is 1. The first-order valence-electron chi connectivity index (χ1n) is 6.89. The van der Waals surface area contributed by atoms with Crippen LogP contribution in [0.5, 0.6) is 0 Å². The van der Waals surface area contributed by atoms with Gasteiger partial charge in [-0.05, 0) is 43.9 Å². The highest BCUT2D eigenvalue weighted by Crippen LogP contribution is 2.28. The molecule has 2 rings (SSSR count). The van der Waals surface area contributed by atoms with Gasteiger partial charge < -0.3 is 10.4 Å². The predicted molar refractivity (Wildman–Crippen MR) is 81.8 cm³/mol. The number of hydrogen-bond acceptors (Lipinski definition) is 3. The molecular formula is C15H19ClN2O3. The van der Waals surface area contributed by atoms with Crippen LogP contribution in [-0.2, 0) is 9.59 Å². The number of nitrogens with zero attached hydrogens (tertiary/aromatic N) is 1. The fraction of sp³-hybridized carbons (Fsp3) is 0.467. The van der Waals surface area contributed by atoms with Crippen LogP contribution >= 0.6 is 11.6 Å². The largest absolute Gasteiger partial charge is 0.480 e. The van der Waals surface area contributed by atoms with E-state index in [4.69, 9.17) is 16.7 Å². The molecule has 0 radical (unpaired) electrons. The van der Waals surface area contributed by atoms with Crippen molar-refractivity contribution >= 4 is 29.2 Å². The number of hydrogen-bond donors (Lipinski definition) is 2. The molecule has 1 aromatic carbocycles. The minimum Gasteiger partial charge on any atom is -0.480 e. The van der Waals surface area contributed by atoms with Gasteiger partial charge in [0.05, 0.1) is 23.8 Å². The summed E-state index contributed by atoms with van der Waals surface area (Å²) in [5.74, 6) is -1.16. The molecule has 0 atom stereocenters. The lowest BCUT2D eigenvalue weighted by Crippen LogP contribution is -2.38. The summed E-state index contributed by atoms with van der Waals surface area (Å²) >= 11 is 6.15. The normalized spacial score (nSPS) is 14.3. The van der Waals surface area contributed by atoms with Gasteiger partial charge in [0.15, 0.2) is 0 Å². The third-order valence-electron chi connectivity index (χ3n) is 3.44. The summed E-state index contributed by atoms with van der Waals surface area (Å²) in [7, 11) is 0. The number of amides is 1. The van der Waals surface area contributed by atoms with Crippen LogP contribution in [0.4, 0.5) is 5.69 Å². The second kappa shape index (κ2) is 6.45. The molecular weight excluding hydrogens is 292 g/mol. The number of aliphatic carboxylic acids is 1. The van der Waals surface area contributed by atoms with Crippen molar-refractivity contribution < 1.29 is 14.7 Å². The summed E-state index contributed by atoms with van der Waals surface area (Å²) in [6, 6.07) is 3.94. The Morgan fingerprint density at radius 2 is 2.00 bits per heavy atom. The Kier molecular flexibility index (Phi) is 4.85. The number of benzene rings is 1. The molecule has 1 aliphatic rings. The minimum absolute atomic E-state index is 0.0701. The van der Waals surface area contributed by atoms with Crippen molar-refractivity contribution in [3.05, 3.63) is 28.3 Å². The zero-order valence-electron chi connectivity index (χ0n) is 12.1. The smallest absolute Gasteiger partial charge is 0.317 e. The van der Waals surface area contributed by atoms with Gasteiger partial charge in [0, 0.05) is 6.04 Å². The van der Waals surface area contributed by atoms with Gasteiger partial charge in [0.1, 0.15) is 0 Å². The van der Waals surface area contributed by atoms with Gasteiger partial charge in [-0.25, -0.2) is 0 Å². The topological polar surface area (TPSA) is 69.6 Å². The molecule has 1 aromatic rings. The highest BCUT2D eigenvalue weighted by Gasteiger charge is 2.31. The summed E-state index contributed by atoms with van der Waals surface area (Å²) in [4.78, 5) is 24.6. The molecule has 21 heavy (non-hydrogen) atoms. The highest BCUT2D eigenvalue weighted by atomic mass is 35.5. The van der Waals surface area contributed by atoms with Crippen molar-refractivity contribution in [1.82, 2.24) is 4.90 Å². The quantitative estimate of drug-likeness (QED) is 0.846. The summed E-state index contributed by atoms with van der Waals surface area (Å²) in [5.41, 5.74) is 2.52. The van der Waals surface area contributed by atoms with Crippen LogP contribution in [0.2, 0.25) is 5.02 Å². The molecule has 0 spiro atoms. The molecule has 0 bridgehead atoms. The summed E-state index contributed by atoms with van der Waals surface area (Å²) < 4.78 is 0. The van der Waals surface area contributed by atoms with E-state index in [0.717, 1.165) is 24.0 Å². The highest BCUT2D eigenvalue weighted by molar-refractivity contribution is 6.34. The molecule has 1 fully saturated rings. The molecule has 1 saturated carbocycles. The molecule has 6 heteroatoms. The number of rotatable bonds is 6. The van der Waals surface area contributed by atoms with Crippen LogP contribution in [0.25, 0.3) is 0 Å².